The molecule has 1 heterocycles. The van der Waals surface area contributed by atoms with Gasteiger partial charge in [-0.25, -0.2) is 4.39 Å². The van der Waals surface area contributed by atoms with E-state index in [-0.39, 0.29) is 5.82 Å². The molecule has 3 rings (SSSR count). The predicted molar refractivity (Wildman–Crippen MR) is 101 cm³/mol. The molecule has 1 saturated heterocycles. The van der Waals surface area contributed by atoms with Gasteiger partial charge in [0.05, 0.1) is 25.3 Å². The minimum Gasteiger partial charge on any atom is -0.356 e. The number of hydrogen-bond acceptors (Lipinski definition) is 1. The number of hydrogen-bond donors (Lipinski definition) is 3. The topological polar surface area (TPSA) is 28.5 Å². The van der Waals surface area contributed by atoms with Crippen LogP contribution in [-0.4, -0.2) is 30.3 Å². The SMILES string of the molecule is Fc1ccccc1NC(=S)NCC1([NH+]2CCCCC2)CCCCC1. The molecule has 1 aliphatic carbocycles. The highest BCUT2D eigenvalue weighted by Gasteiger charge is 2.42. The third-order valence-electron chi connectivity index (χ3n) is 5.73. The van der Waals surface area contributed by atoms with Crippen molar-refractivity contribution in [3.05, 3.63) is 30.1 Å². The van der Waals surface area contributed by atoms with Gasteiger partial charge in [-0.3, -0.25) is 0 Å². The molecule has 5 heteroatoms. The standard InChI is InChI=1S/C19H28FN3S/c20-16-9-3-4-10-17(16)22-18(24)21-15-19(11-5-1-6-12-19)23-13-7-2-8-14-23/h3-4,9-10H,1-2,5-8,11-15H2,(H2,21,22,24)/p+1. The van der Waals surface area contributed by atoms with Crippen molar-refractivity contribution in [1.82, 2.24) is 5.32 Å². The maximum absolute atomic E-state index is 13.8. The Bertz CT molecular complexity index is 551. The van der Waals surface area contributed by atoms with Crippen molar-refractivity contribution in [1.29, 1.82) is 0 Å². The van der Waals surface area contributed by atoms with Crippen LogP contribution in [0, 0.1) is 5.82 Å². The summed E-state index contributed by atoms with van der Waals surface area (Å²) in [5.74, 6) is -0.268. The van der Waals surface area contributed by atoms with Crippen molar-refractivity contribution < 1.29 is 9.29 Å². The van der Waals surface area contributed by atoms with Crippen LogP contribution in [0.5, 0.6) is 0 Å². The Kier molecular flexibility index (Phi) is 6.06. The summed E-state index contributed by atoms with van der Waals surface area (Å²) in [7, 11) is 0. The lowest BCUT2D eigenvalue weighted by Crippen LogP contribution is -3.22. The smallest absolute Gasteiger partial charge is 0.171 e. The molecule has 1 aliphatic heterocycles. The number of quaternary nitrogens is 1. The molecule has 0 amide bonds. The second-order valence-corrected chi connectivity index (χ2v) is 7.70. The number of anilines is 1. The van der Waals surface area contributed by atoms with Crippen LogP contribution < -0.4 is 15.5 Å². The largest absolute Gasteiger partial charge is 0.356 e. The molecule has 1 aromatic rings. The van der Waals surface area contributed by atoms with Gasteiger partial charge in [0.1, 0.15) is 11.4 Å². The number of benzene rings is 1. The van der Waals surface area contributed by atoms with Gasteiger partial charge in [0.25, 0.3) is 0 Å². The zero-order valence-corrected chi connectivity index (χ0v) is 15.2. The van der Waals surface area contributed by atoms with Crippen molar-refractivity contribution >= 4 is 23.0 Å². The number of thiocarbonyl (C=S) groups is 1. The highest BCUT2D eigenvalue weighted by atomic mass is 32.1. The van der Waals surface area contributed by atoms with Gasteiger partial charge in [-0.2, -0.15) is 0 Å². The van der Waals surface area contributed by atoms with Crippen molar-refractivity contribution in [3.63, 3.8) is 0 Å². The number of para-hydroxylation sites is 1. The summed E-state index contributed by atoms with van der Waals surface area (Å²) in [6, 6.07) is 6.67. The van der Waals surface area contributed by atoms with E-state index in [2.05, 4.69) is 10.6 Å². The molecule has 2 aliphatic rings. The van der Waals surface area contributed by atoms with Crippen molar-refractivity contribution in [3.8, 4) is 0 Å². The first-order valence-corrected chi connectivity index (χ1v) is 9.75. The number of halogens is 1. The first-order chi connectivity index (χ1) is 11.7. The number of likely N-dealkylation sites (tertiary alicyclic amines) is 1. The molecular weight excluding hydrogens is 321 g/mol. The lowest BCUT2D eigenvalue weighted by molar-refractivity contribution is -0.957. The van der Waals surface area contributed by atoms with Gasteiger partial charge in [-0.15, -0.1) is 0 Å². The molecular formula is C19H29FN3S+. The van der Waals surface area contributed by atoms with Crippen LogP contribution in [0.15, 0.2) is 24.3 Å². The Morgan fingerprint density at radius 2 is 1.71 bits per heavy atom. The molecule has 2 fully saturated rings. The summed E-state index contributed by atoms with van der Waals surface area (Å²) in [6.07, 6.45) is 10.6. The first-order valence-electron chi connectivity index (χ1n) is 9.34. The van der Waals surface area contributed by atoms with E-state index in [0.717, 1.165) is 6.54 Å². The van der Waals surface area contributed by atoms with Gasteiger partial charge >= 0.3 is 0 Å². The van der Waals surface area contributed by atoms with Gasteiger partial charge in [0.2, 0.25) is 0 Å². The molecule has 1 saturated carbocycles. The van der Waals surface area contributed by atoms with E-state index in [1.807, 2.05) is 6.07 Å². The zero-order valence-electron chi connectivity index (χ0n) is 14.4. The molecule has 0 bridgehead atoms. The van der Waals surface area contributed by atoms with Crippen LogP contribution in [0.2, 0.25) is 0 Å². The number of nitrogens with one attached hydrogen (secondary N) is 3. The number of rotatable bonds is 4. The molecule has 0 atom stereocenters. The number of piperidine rings is 1. The first kappa shape index (κ1) is 17.6. The molecule has 1 aromatic carbocycles. The minimum absolute atomic E-state index is 0.268. The van der Waals surface area contributed by atoms with Gasteiger partial charge in [0, 0.05) is 12.8 Å². The van der Waals surface area contributed by atoms with E-state index in [0.29, 0.717) is 16.3 Å². The van der Waals surface area contributed by atoms with E-state index in [1.54, 1.807) is 17.0 Å². The van der Waals surface area contributed by atoms with Crippen LogP contribution in [0.4, 0.5) is 10.1 Å². The van der Waals surface area contributed by atoms with E-state index in [9.17, 15) is 4.39 Å². The van der Waals surface area contributed by atoms with E-state index in [1.165, 1.54) is 70.5 Å². The molecule has 0 spiro atoms. The second kappa shape index (κ2) is 8.26. The van der Waals surface area contributed by atoms with E-state index in [4.69, 9.17) is 12.2 Å². The fourth-order valence-electron chi connectivity index (χ4n) is 4.37. The van der Waals surface area contributed by atoms with Crippen LogP contribution in [0.1, 0.15) is 51.4 Å². The highest BCUT2D eigenvalue weighted by molar-refractivity contribution is 7.80. The third-order valence-corrected chi connectivity index (χ3v) is 5.97. The summed E-state index contributed by atoms with van der Waals surface area (Å²) < 4.78 is 13.8. The maximum atomic E-state index is 13.8. The quantitative estimate of drug-likeness (QED) is 0.729. The summed E-state index contributed by atoms with van der Waals surface area (Å²) in [4.78, 5) is 1.76. The Labute approximate surface area is 150 Å². The highest BCUT2D eigenvalue weighted by Crippen LogP contribution is 2.26. The Morgan fingerprint density at radius 3 is 2.42 bits per heavy atom. The summed E-state index contributed by atoms with van der Waals surface area (Å²) in [5, 5.41) is 6.93. The summed E-state index contributed by atoms with van der Waals surface area (Å²) in [6.45, 7) is 3.47. The Hall–Kier alpha value is -1.20. The molecule has 3 nitrogen and oxygen atoms in total. The average molecular weight is 351 g/mol. The van der Waals surface area contributed by atoms with Crippen molar-refractivity contribution in [2.45, 2.75) is 56.9 Å². The van der Waals surface area contributed by atoms with E-state index < -0.39 is 0 Å². The molecule has 0 aromatic heterocycles. The normalized spacial score (nSPS) is 21.2. The van der Waals surface area contributed by atoms with E-state index >= 15 is 0 Å². The lowest BCUT2D eigenvalue weighted by Gasteiger charge is -2.45. The lowest BCUT2D eigenvalue weighted by atomic mass is 9.79. The summed E-state index contributed by atoms with van der Waals surface area (Å²) >= 11 is 5.42. The van der Waals surface area contributed by atoms with Crippen LogP contribution in [-0.2, 0) is 0 Å². The van der Waals surface area contributed by atoms with Gasteiger partial charge in [-0.1, -0.05) is 18.6 Å². The molecule has 24 heavy (non-hydrogen) atoms. The fraction of sp³-hybridized carbons (Fsp3) is 0.632. The van der Waals surface area contributed by atoms with Crippen LogP contribution >= 0.6 is 12.2 Å². The van der Waals surface area contributed by atoms with Gasteiger partial charge in [-0.05, 0) is 56.5 Å². The average Bonchev–Trinajstić information content (AvgIpc) is 2.63. The van der Waals surface area contributed by atoms with Crippen molar-refractivity contribution in [2.24, 2.45) is 0 Å². The van der Waals surface area contributed by atoms with Gasteiger partial charge < -0.3 is 15.5 Å². The zero-order chi connectivity index (χ0) is 16.8. The predicted octanol–water partition coefficient (Wildman–Crippen LogP) is 2.88. The molecule has 0 unspecified atom stereocenters. The Morgan fingerprint density at radius 1 is 1.04 bits per heavy atom. The van der Waals surface area contributed by atoms with Gasteiger partial charge in [0.15, 0.2) is 5.11 Å². The minimum atomic E-state index is -0.268. The molecule has 132 valence electrons. The third kappa shape index (κ3) is 4.25. The van der Waals surface area contributed by atoms with Crippen LogP contribution in [0.25, 0.3) is 0 Å². The second-order valence-electron chi connectivity index (χ2n) is 7.29. The van der Waals surface area contributed by atoms with Crippen LogP contribution in [0.3, 0.4) is 0 Å². The fourth-order valence-corrected chi connectivity index (χ4v) is 4.55. The maximum Gasteiger partial charge on any atom is 0.171 e. The Balaban J connectivity index is 1.60. The van der Waals surface area contributed by atoms with Crippen molar-refractivity contribution in [2.75, 3.05) is 25.0 Å². The molecule has 0 radical (unpaired) electrons. The molecule has 3 N–H and O–H groups in total. The monoisotopic (exact) mass is 350 g/mol. The summed E-state index contributed by atoms with van der Waals surface area (Å²) in [5.41, 5.74) is 0.748.